The van der Waals surface area contributed by atoms with Gasteiger partial charge in [0, 0.05) is 6.42 Å². The summed E-state index contributed by atoms with van der Waals surface area (Å²) in [4.78, 5) is 12.1. The van der Waals surface area contributed by atoms with Crippen LogP contribution in [0.1, 0.15) is 39.0 Å². The number of hydrogen-bond acceptors (Lipinski definition) is 3. The van der Waals surface area contributed by atoms with E-state index < -0.39 is 9.96 Å². The van der Waals surface area contributed by atoms with Crippen molar-refractivity contribution in [2.75, 3.05) is 12.4 Å². The van der Waals surface area contributed by atoms with Gasteiger partial charge in [-0.2, -0.15) is 0 Å². The third-order valence-electron chi connectivity index (χ3n) is 3.52. The van der Waals surface area contributed by atoms with Gasteiger partial charge < -0.3 is 20.7 Å². The molecule has 1 amide bonds. The average molecular weight is 441 g/mol. The molecule has 0 radical (unpaired) electrons. The number of halogens is 3. The number of ether oxygens (including phenoxy) is 1. The molecule has 5 nitrogen and oxygen atoms in total. The third-order valence-corrected chi connectivity index (χ3v) is 4.40. The molecular weight excluding hydrogens is 417 g/mol. The Hall–Kier alpha value is -0.950. The van der Waals surface area contributed by atoms with Gasteiger partial charge in [-0.25, -0.2) is 0 Å². The van der Waals surface area contributed by atoms with Crippen LogP contribution in [0.2, 0.25) is 0 Å². The van der Waals surface area contributed by atoms with Crippen molar-refractivity contribution in [2.24, 2.45) is 0 Å². The number of methoxy groups -OCH3 is 1. The maximum Gasteiger partial charge on any atom is 0.228 e. The summed E-state index contributed by atoms with van der Waals surface area (Å²) in [7, 11) is 1.56. The first-order valence-electron chi connectivity index (χ1n) is 8.34. The molecule has 3 N–H and O–H groups in total. The number of amides is 1. The van der Waals surface area contributed by atoms with Crippen LogP contribution in [0.25, 0.3) is 0 Å². The summed E-state index contributed by atoms with van der Waals surface area (Å²) in [5.41, 5.74) is 0.654. The highest BCUT2D eigenvalue weighted by Crippen LogP contribution is 2.29. The molecule has 1 aromatic carbocycles. The number of carbonyl (C=O) groups is 1. The van der Waals surface area contributed by atoms with E-state index in [1.54, 1.807) is 19.2 Å². The monoisotopic (exact) mass is 439 g/mol. The second-order valence-corrected chi connectivity index (χ2v) is 8.43. The Bertz CT molecular complexity index is 597. The van der Waals surface area contributed by atoms with Crippen molar-refractivity contribution < 1.29 is 9.53 Å². The Balaban J connectivity index is 2.64. The first kappa shape index (κ1) is 23.1. The Morgan fingerprint density at radius 2 is 1.88 bits per heavy atom. The molecule has 0 aliphatic heterocycles. The van der Waals surface area contributed by atoms with E-state index in [2.05, 4.69) is 22.9 Å². The van der Waals surface area contributed by atoms with E-state index in [0.717, 1.165) is 25.7 Å². The fourth-order valence-electron chi connectivity index (χ4n) is 2.18. The van der Waals surface area contributed by atoms with Crippen LogP contribution in [0, 0.1) is 0 Å². The van der Waals surface area contributed by atoms with Crippen LogP contribution < -0.4 is 20.7 Å². The molecule has 1 unspecified atom stereocenters. The van der Waals surface area contributed by atoms with Crippen molar-refractivity contribution in [3.8, 4) is 5.75 Å². The molecule has 0 heterocycles. The predicted octanol–water partition coefficient (Wildman–Crippen LogP) is 4.76. The largest absolute Gasteiger partial charge is 0.495 e. The van der Waals surface area contributed by atoms with E-state index in [9.17, 15) is 4.79 Å². The Morgan fingerprint density at radius 1 is 1.19 bits per heavy atom. The molecular formula is C17H24Cl3N3O2S. The smallest absolute Gasteiger partial charge is 0.228 e. The van der Waals surface area contributed by atoms with E-state index in [1.165, 1.54) is 0 Å². The van der Waals surface area contributed by atoms with E-state index in [-0.39, 0.29) is 11.0 Å². The summed E-state index contributed by atoms with van der Waals surface area (Å²) in [5.74, 6) is 0.409. The summed E-state index contributed by atoms with van der Waals surface area (Å²) in [6, 6.07) is 7.25. The topological polar surface area (TPSA) is 62.4 Å². The third kappa shape index (κ3) is 8.62. The van der Waals surface area contributed by atoms with Crippen LogP contribution in [-0.4, -0.2) is 28.1 Å². The Labute approximate surface area is 175 Å². The Kier molecular flexibility index (Phi) is 10.4. The van der Waals surface area contributed by atoms with Crippen LogP contribution >= 0.6 is 47.0 Å². The molecule has 0 saturated heterocycles. The lowest BCUT2D eigenvalue weighted by Gasteiger charge is -2.28. The number of anilines is 1. The van der Waals surface area contributed by atoms with Crippen LogP contribution in [0.4, 0.5) is 5.69 Å². The number of hydrogen-bond donors (Lipinski definition) is 3. The van der Waals surface area contributed by atoms with Crippen LogP contribution in [-0.2, 0) is 4.79 Å². The highest BCUT2D eigenvalue weighted by atomic mass is 35.6. The normalized spacial score (nSPS) is 12.2. The van der Waals surface area contributed by atoms with Crippen molar-refractivity contribution in [2.45, 2.75) is 49.0 Å². The molecule has 26 heavy (non-hydrogen) atoms. The van der Waals surface area contributed by atoms with Crippen LogP contribution in [0.3, 0.4) is 0 Å². The quantitative estimate of drug-likeness (QED) is 0.223. The number of nitrogens with one attached hydrogen (secondary N) is 3. The zero-order valence-corrected chi connectivity index (χ0v) is 17.9. The average Bonchev–Trinajstić information content (AvgIpc) is 2.58. The first-order valence-corrected chi connectivity index (χ1v) is 9.88. The maximum atomic E-state index is 12.1. The second kappa shape index (κ2) is 11.7. The molecule has 0 aliphatic carbocycles. The number of para-hydroxylation sites is 2. The van der Waals surface area contributed by atoms with Crippen LogP contribution in [0.15, 0.2) is 24.3 Å². The van der Waals surface area contributed by atoms with Gasteiger partial charge in [-0.3, -0.25) is 4.79 Å². The highest BCUT2D eigenvalue weighted by molar-refractivity contribution is 7.80. The van der Waals surface area contributed by atoms with Crippen molar-refractivity contribution in [1.29, 1.82) is 0 Å². The summed E-state index contributed by atoms with van der Waals surface area (Å²) < 4.78 is 3.48. The minimum absolute atomic E-state index is 0.192. The fourth-order valence-corrected chi connectivity index (χ4v) is 2.74. The van der Waals surface area contributed by atoms with Gasteiger partial charge in [0.15, 0.2) is 5.11 Å². The number of carbonyl (C=O) groups excluding carboxylic acids is 1. The van der Waals surface area contributed by atoms with Crippen molar-refractivity contribution >= 4 is 63.7 Å². The summed E-state index contributed by atoms with van der Waals surface area (Å²) in [6.45, 7) is 2.11. The van der Waals surface area contributed by atoms with E-state index in [1.807, 2.05) is 12.1 Å². The van der Waals surface area contributed by atoms with E-state index >= 15 is 0 Å². The van der Waals surface area contributed by atoms with Crippen molar-refractivity contribution in [3.63, 3.8) is 0 Å². The number of unbranched alkanes of at least 4 members (excludes halogenated alkanes) is 3. The zero-order valence-electron chi connectivity index (χ0n) is 14.8. The lowest BCUT2D eigenvalue weighted by Crippen LogP contribution is -2.56. The summed E-state index contributed by atoms with van der Waals surface area (Å²) in [5, 5.41) is 8.66. The number of thiocarbonyl (C=S) groups is 1. The zero-order chi connectivity index (χ0) is 19.6. The van der Waals surface area contributed by atoms with Crippen LogP contribution in [0.5, 0.6) is 5.75 Å². The van der Waals surface area contributed by atoms with Gasteiger partial charge in [-0.05, 0) is 30.8 Å². The lowest BCUT2D eigenvalue weighted by atomic mass is 10.1. The molecule has 1 rings (SSSR count). The van der Waals surface area contributed by atoms with Gasteiger partial charge in [0.2, 0.25) is 9.70 Å². The summed E-state index contributed by atoms with van der Waals surface area (Å²) >= 11 is 23.2. The van der Waals surface area contributed by atoms with E-state index in [0.29, 0.717) is 17.9 Å². The summed E-state index contributed by atoms with van der Waals surface area (Å²) in [6.07, 6.45) is 3.36. The minimum atomic E-state index is -1.77. The van der Waals surface area contributed by atoms with Gasteiger partial charge >= 0.3 is 0 Å². The molecule has 0 fully saturated rings. The van der Waals surface area contributed by atoms with Crippen molar-refractivity contribution in [1.82, 2.24) is 10.6 Å². The molecule has 0 aromatic heterocycles. The highest BCUT2D eigenvalue weighted by Gasteiger charge is 2.34. The van der Waals surface area contributed by atoms with Gasteiger partial charge in [-0.15, -0.1) is 0 Å². The number of benzene rings is 1. The van der Waals surface area contributed by atoms with Gasteiger partial charge in [0.1, 0.15) is 11.9 Å². The molecule has 0 aliphatic rings. The standard InChI is InChI=1S/C17H24Cl3N3O2S/c1-3-4-5-6-11-14(24)22-15(17(18,19)20)23-16(26)21-12-9-7-8-10-13(12)25-2/h7-10,15H,3-6,11H2,1-2H3,(H,22,24)(H2,21,23,26). The Morgan fingerprint density at radius 3 is 2.50 bits per heavy atom. The lowest BCUT2D eigenvalue weighted by molar-refractivity contribution is -0.122. The molecule has 1 aromatic rings. The van der Waals surface area contributed by atoms with Gasteiger partial charge in [0.25, 0.3) is 0 Å². The SMILES string of the molecule is CCCCCCC(=O)NC(NC(=S)Nc1ccccc1OC)C(Cl)(Cl)Cl. The number of rotatable bonds is 9. The van der Waals surface area contributed by atoms with Crippen molar-refractivity contribution in [3.05, 3.63) is 24.3 Å². The second-order valence-electron chi connectivity index (χ2n) is 5.65. The predicted molar refractivity (Wildman–Crippen MR) is 113 cm³/mol. The molecule has 146 valence electrons. The molecule has 1 atom stereocenters. The molecule has 9 heteroatoms. The number of alkyl halides is 3. The maximum absolute atomic E-state index is 12.1. The van der Waals surface area contributed by atoms with E-state index in [4.69, 9.17) is 51.8 Å². The molecule has 0 saturated carbocycles. The van der Waals surface area contributed by atoms with Gasteiger partial charge in [-0.1, -0.05) is 73.1 Å². The first-order chi connectivity index (χ1) is 12.3. The molecule has 0 spiro atoms. The van der Waals surface area contributed by atoms with Gasteiger partial charge in [0.05, 0.1) is 12.8 Å². The molecule has 0 bridgehead atoms. The fraction of sp³-hybridized carbons (Fsp3) is 0.529. The minimum Gasteiger partial charge on any atom is -0.495 e.